The topological polar surface area (TPSA) is 38.5 Å². The molecule has 1 aromatic carbocycles. The van der Waals surface area contributed by atoms with Crippen LogP contribution in [0.1, 0.15) is 39.3 Å². The van der Waals surface area contributed by atoms with Gasteiger partial charge >= 0.3 is 0 Å². The van der Waals surface area contributed by atoms with Gasteiger partial charge in [-0.05, 0) is 24.9 Å². The second-order valence-electron chi connectivity index (χ2n) is 5.81. The summed E-state index contributed by atoms with van der Waals surface area (Å²) in [6, 6.07) is 11.1. The number of likely N-dealkylation sites (N-methyl/N-ethyl adjacent to an activating group) is 1. The van der Waals surface area contributed by atoms with Gasteiger partial charge in [-0.25, -0.2) is 0 Å². The lowest BCUT2D eigenvalue weighted by atomic mass is 9.89. The zero-order chi connectivity index (χ0) is 15.1. The molecule has 0 spiro atoms. The van der Waals surface area contributed by atoms with Gasteiger partial charge in [-0.2, -0.15) is 0 Å². The fraction of sp³-hybridized carbons (Fsp3) is 0.647. The Hall–Kier alpha value is -0.900. The summed E-state index contributed by atoms with van der Waals surface area (Å²) in [5.74, 6) is 0.490. The van der Waals surface area contributed by atoms with Gasteiger partial charge in [0.25, 0.3) is 0 Å². The highest BCUT2D eigenvalue weighted by Crippen LogP contribution is 2.26. The number of nitrogens with two attached hydrogens (primary N) is 1. The molecule has 0 radical (unpaired) electrons. The maximum Gasteiger partial charge on any atom is 0.0615 e. The molecule has 0 aliphatic rings. The predicted molar refractivity (Wildman–Crippen MR) is 85.7 cm³/mol. The summed E-state index contributed by atoms with van der Waals surface area (Å²) in [6.07, 6.45) is 0. The van der Waals surface area contributed by atoms with Crippen LogP contribution < -0.4 is 5.73 Å². The van der Waals surface area contributed by atoms with Gasteiger partial charge in [0.05, 0.1) is 6.61 Å². The Labute approximate surface area is 124 Å². The third kappa shape index (κ3) is 4.30. The van der Waals surface area contributed by atoms with Gasteiger partial charge < -0.3 is 10.5 Å². The fourth-order valence-electron chi connectivity index (χ4n) is 3.03. The summed E-state index contributed by atoms with van der Waals surface area (Å²) in [4.78, 5) is 2.46. The van der Waals surface area contributed by atoms with Crippen molar-refractivity contribution in [1.29, 1.82) is 0 Å². The van der Waals surface area contributed by atoms with E-state index >= 15 is 0 Å². The average molecular weight is 278 g/mol. The Morgan fingerprint density at radius 2 is 1.75 bits per heavy atom. The minimum atomic E-state index is 0.0236. The van der Waals surface area contributed by atoms with Crippen LogP contribution in [0.2, 0.25) is 0 Å². The lowest BCUT2D eigenvalue weighted by Crippen LogP contribution is -2.51. The molecule has 0 aliphatic heterocycles. The largest absolute Gasteiger partial charge is 0.383 e. The SMILES string of the molecule is CCN(C(C)COC)C(C(C)C)C(N)c1ccccc1. The molecule has 114 valence electrons. The summed E-state index contributed by atoms with van der Waals surface area (Å²) in [6.45, 7) is 10.6. The van der Waals surface area contributed by atoms with Crippen LogP contribution in [0.15, 0.2) is 30.3 Å². The number of benzene rings is 1. The van der Waals surface area contributed by atoms with Gasteiger partial charge in [-0.3, -0.25) is 4.90 Å². The molecule has 1 rings (SSSR count). The van der Waals surface area contributed by atoms with Crippen LogP contribution in [0, 0.1) is 5.92 Å². The van der Waals surface area contributed by atoms with E-state index in [2.05, 4.69) is 56.9 Å². The normalized spacial score (nSPS) is 16.4. The highest BCUT2D eigenvalue weighted by Gasteiger charge is 2.30. The number of nitrogens with zero attached hydrogens (tertiary/aromatic N) is 1. The Balaban J connectivity index is 2.97. The minimum absolute atomic E-state index is 0.0236. The molecule has 0 saturated carbocycles. The van der Waals surface area contributed by atoms with E-state index in [9.17, 15) is 0 Å². The van der Waals surface area contributed by atoms with E-state index in [1.54, 1.807) is 7.11 Å². The van der Waals surface area contributed by atoms with Gasteiger partial charge in [0.15, 0.2) is 0 Å². The zero-order valence-electron chi connectivity index (χ0n) is 13.5. The van der Waals surface area contributed by atoms with Crippen molar-refractivity contribution in [3.63, 3.8) is 0 Å². The van der Waals surface area contributed by atoms with Crippen molar-refractivity contribution in [2.75, 3.05) is 20.3 Å². The van der Waals surface area contributed by atoms with Crippen molar-refractivity contribution in [3.8, 4) is 0 Å². The zero-order valence-corrected chi connectivity index (χ0v) is 13.5. The van der Waals surface area contributed by atoms with Crippen LogP contribution in [-0.2, 0) is 4.74 Å². The molecule has 0 fully saturated rings. The van der Waals surface area contributed by atoms with Crippen molar-refractivity contribution in [3.05, 3.63) is 35.9 Å². The molecule has 0 heterocycles. The van der Waals surface area contributed by atoms with Gasteiger partial charge in [-0.1, -0.05) is 51.1 Å². The summed E-state index contributed by atoms with van der Waals surface area (Å²) >= 11 is 0. The molecule has 0 aromatic heterocycles. The van der Waals surface area contributed by atoms with E-state index in [1.807, 2.05) is 6.07 Å². The van der Waals surface area contributed by atoms with Crippen LogP contribution in [0.4, 0.5) is 0 Å². The van der Waals surface area contributed by atoms with Crippen molar-refractivity contribution >= 4 is 0 Å². The Morgan fingerprint density at radius 3 is 2.20 bits per heavy atom. The molecular formula is C17H30N2O. The molecule has 20 heavy (non-hydrogen) atoms. The average Bonchev–Trinajstić information content (AvgIpc) is 2.44. The number of hydrogen-bond donors (Lipinski definition) is 1. The summed E-state index contributed by atoms with van der Waals surface area (Å²) in [7, 11) is 1.76. The first kappa shape index (κ1) is 17.2. The quantitative estimate of drug-likeness (QED) is 0.794. The van der Waals surface area contributed by atoms with E-state index in [4.69, 9.17) is 10.5 Å². The summed E-state index contributed by atoms with van der Waals surface area (Å²) in [5, 5.41) is 0. The molecule has 1 aromatic rings. The van der Waals surface area contributed by atoms with E-state index in [-0.39, 0.29) is 6.04 Å². The number of methoxy groups -OCH3 is 1. The van der Waals surface area contributed by atoms with Gasteiger partial charge in [-0.15, -0.1) is 0 Å². The van der Waals surface area contributed by atoms with Gasteiger partial charge in [0.2, 0.25) is 0 Å². The minimum Gasteiger partial charge on any atom is -0.383 e. The first-order chi connectivity index (χ1) is 9.52. The molecule has 0 saturated heterocycles. The highest BCUT2D eigenvalue weighted by atomic mass is 16.5. The summed E-state index contributed by atoms with van der Waals surface area (Å²) in [5.41, 5.74) is 7.77. The molecule has 3 unspecified atom stereocenters. The maximum atomic E-state index is 6.57. The first-order valence-corrected chi connectivity index (χ1v) is 7.58. The molecule has 0 amide bonds. The van der Waals surface area contributed by atoms with Gasteiger partial charge in [0, 0.05) is 25.2 Å². The van der Waals surface area contributed by atoms with Crippen molar-refractivity contribution < 1.29 is 4.74 Å². The van der Waals surface area contributed by atoms with Crippen molar-refractivity contribution in [2.45, 2.75) is 45.8 Å². The monoisotopic (exact) mass is 278 g/mol. The molecule has 0 bridgehead atoms. The van der Waals surface area contributed by atoms with E-state index in [1.165, 1.54) is 5.56 Å². The van der Waals surface area contributed by atoms with Crippen molar-refractivity contribution in [1.82, 2.24) is 4.90 Å². The summed E-state index contributed by atoms with van der Waals surface area (Å²) < 4.78 is 5.32. The van der Waals surface area contributed by atoms with E-state index in [0.717, 1.165) is 13.2 Å². The number of hydrogen-bond acceptors (Lipinski definition) is 3. The first-order valence-electron chi connectivity index (χ1n) is 7.58. The van der Waals surface area contributed by atoms with Crippen LogP contribution >= 0.6 is 0 Å². The third-order valence-corrected chi connectivity index (χ3v) is 3.96. The lowest BCUT2D eigenvalue weighted by molar-refractivity contribution is 0.0457. The third-order valence-electron chi connectivity index (χ3n) is 3.96. The Morgan fingerprint density at radius 1 is 1.15 bits per heavy atom. The molecular weight excluding hydrogens is 248 g/mol. The molecule has 3 heteroatoms. The molecule has 3 nitrogen and oxygen atoms in total. The smallest absolute Gasteiger partial charge is 0.0615 e. The van der Waals surface area contributed by atoms with Crippen LogP contribution in [-0.4, -0.2) is 37.2 Å². The van der Waals surface area contributed by atoms with E-state index < -0.39 is 0 Å². The molecule has 0 aliphatic carbocycles. The predicted octanol–water partition coefficient (Wildman–Crippen LogP) is 3.07. The fourth-order valence-corrected chi connectivity index (χ4v) is 3.03. The standard InChI is InChI=1S/C17H30N2O/c1-6-19(14(4)12-20-5)17(13(2)3)16(18)15-10-8-7-9-11-15/h7-11,13-14,16-17H,6,12,18H2,1-5H3. The Kier molecular flexibility index (Phi) is 7.20. The van der Waals surface area contributed by atoms with Crippen LogP contribution in [0.25, 0.3) is 0 Å². The second-order valence-corrected chi connectivity index (χ2v) is 5.81. The maximum absolute atomic E-state index is 6.57. The number of rotatable bonds is 8. The van der Waals surface area contributed by atoms with Crippen LogP contribution in [0.5, 0.6) is 0 Å². The van der Waals surface area contributed by atoms with E-state index in [0.29, 0.717) is 18.0 Å². The molecule has 3 atom stereocenters. The van der Waals surface area contributed by atoms with Gasteiger partial charge in [0.1, 0.15) is 0 Å². The Bertz CT molecular complexity index is 367. The van der Waals surface area contributed by atoms with Crippen molar-refractivity contribution in [2.24, 2.45) is 11.7 Å². The molecule has 2 N–H and O–H groups in total. The number of ether oxygens (including phenoxy) is 1. The second kappa shape index (κ2) is 8.40. The lowest BCUT2D eigenvalue weighted by Gasteiger charge is -2.41. The highest BCUT2D eigenvalue weighted by molar-refractivity contribution is 5.20. The van der Waals surface area contributed by atoms with Crippen LogP contribution in [0.3, 0.4) is 0 Å².